The van der Waals surface area contributed by atoms with Crippen LogP contribution in [0.1, 0.15) is 22.8 Å². The summed E-state index contributed by atoms with van der Waals surface area (Å²) in [5, 5.41) is 0. The van der Waals surface area contributed by atoms with Crippen LogP contribution in [-0.4, -0.2) is 12.2 Å². The van der Waals surface area contributed by atoms with Gasteiger partial charge in [0.2, 0.25) is 6.29 Å². The van der Waals surface area contributed by atoms with Crippen molar-refractivity contribution in [3.63, 3.8) is 0 Å². The van der Waals surface area contributed by atoms with E-state index in [1.54, 1.807) is 13.8 Å². The fourth-order valence-electron chi connectivity index (χ4n) is 1.64. The predicted octanol–water partition coefficient (Wildman–Crippen LogP) is 1.35. The number of benzene rings is 1. The van der Waals surface area contributed by atoms with Crippen LogP contribution in [0.4, 0.5) is 4.39 Å². The van der Waals surface area contributed by atoms with Gasteiger partial charge in [-0.15, -0.1) is 0 Å². The second-order valence-electron chi connectivity index (χ2n) is 3.35. The van der Waals surface area contributed by atoms with E-state index >= 15 is 0 Å². The molecule has 0 spiro atoms. The van der Waals surface area contributed by atoms with Gasteiger partial charge in [0.05, 0.1) is 5.56 Å². The highest BCUT2D eigenvalue weighted by Crippen LogP contribution is 2.40. The number of hydrogen-bond donors (Lipinski definition) is 1. The number of fused-ring (bicyclic) bond motifs is 1. The van der Waals surface area contributed by atoms with Gasteiger partial charge in [0, 0.05) is 18.6 Å². The third kappa shape index (κ3) is 1.40. The summed E-state index contributed by atoms with van der Waals surface area (Å²) in [7, 11) is 0. The van der Waals surface area contributed by atoms with Gasteiger partial charge in [0.25, 0.3) is 5.91 Å². The summed E-state index contributed by atoms with van der Waals surface area (Å²) in [5.41, 5.74) is 5.30. The second kappa shape index (κ2) is 3.12. The van der Waals surface area contributed by atoms with Gasteiger partial charge in [0.1, 0.15) is 5.82 Å². The molecule has 4 nitrogen and oxygen atoms in total. The number of ether oxygens (including phenoxy) is 2. The monoisotopic (exact) mass is 211 g/mol. The molecular formula is C10H10FNO3. The highest BCUT2D eigenvalue weighted by atomic mass is 19.1. The van der Waals surface area contributed by atoms with Crippen LogP contribution in [0.3, 0.4) is 0 Å². The molecule has 15 heavy (non-hydrogen) atoms. The molecule has 1 unspecified atom stereocenters. The van der Waals surface area contributed by atoms with Gasteiger partial charge in [-0.2, -0.15) is 0 Å². The highest BCUT2D eigenvalue weighted by Gasteiger charge is 2.27. The van der Waals surface area contributed by atoms with Crippen molar-refractivity contribution >= 4 is 5.91 Å². The summed E-state index contributed by atoms with van der Waals surface area (Å²) in [5.74, 6) is -0.799. The normalized spacial score (nSPS) is 17.9. The van der Waals surface area contributed by atoms with Gasteiger partial charge >= 0.3 is 0 Å². The summed E-state index contributed by atoms with van der Waals surface area (Å²) in [6.45, 7) is 3.25. The lowest BCUT2D eigenvalue weighted by Crippen LogP contribution is -2.15. The Labute approximate surface area is 85.8 Å². The van der Waals surface area contributed by atoms with Crippen LogP contribution in [0, 0.1) is 12.7 Å². The zero-order valence-corrected chi connectivity index (χ0v) is 8.33. The Hall–Kier alpha value is -1.78. The first-order valence-electron chi connectivity index (χ1n) is 4.47. The highest BCUT2D eigenvalue weighted by molar-refractivity contribution is 5.95. The lowest BCUT2D eigenvalue weighted by Gasteiger charge is -2.06. The van der Waals surface area contributed by atoms with Crippen molar-refractivity contribution in [2.45, 2.75) is 20.1 Å². The number of amides is 1. The van der Waals surface area contributed by atoms with Gasteiger partial charge in [-0.3, -0.25) is 4.79 Å². The molecular weight excluding hydrogens is 201 g/mol. The minimum atomic E-state index is -0.809. The molecule has 1 aliphatic rings. The van der Waals surface area contributed by atoms with Crippen LogP contribution < -0.4 is 15.2 Å². The molecule has 0 fully saturated rings. The standard InChI is InChI=1S/C10H10FNO3/c1-4-8(10(12)13)6(11)3-7-9(4)15-5(2)14-7/h3,5H,1-2H3,(H2,12,13). The number of rotatable bonds is 1. The van der Waals surface area contributed by atoms with Crippen molar-refractivity contribution in [1.29, 1.82) is 0 Å². The van der Waals surface area contributed by atoms with Gasteiger partial charge in [0.15, 0.2) is 11.5 Å². The van der Waals surface area contributed by atoms with Crippen molar-refractivity contribution < 1.29 is 18.7 Å². The quantitative estimate of drug-likeness (QED) is 0.762. The van der Waals surface area contributed by atoms with E-state index in [4.69, 9.17) is 15.2 Å². The van der Waals surface area contributed by atoms with Crippen molar-refractivity contribution in [3.05, 3.63) is 23.0 Å². The van der Waals surface area contributed by atoms with Crippen LogP contribution in [-0.2, 0) is 0 Å². The number of halogens is 1. The molecule has 1 aromatic carbocycles. The Morgan fingerprint density at radius 2 is 2.20 bits per heavy atom. The van der Waals surface area contributed by atoms with E-state index in [-0.39, 0.29) is 5.56 Å². The predicted molar refractivity (Wildman–Crippen MR) is 50.4 cm³/mol. The van der Waals surface area contributed by atoms with Gasteiger partial charge in [-0.1, -0.05) is 0 Å². The maximum absolute atomic E-state index is 13.4. The van der Waals surface area contributed by atoms with E-state index in [1.165, 1.54) is 0 Å². The van der Waals surface area contributed by atoms with Crippen LogP contribution in [0.5, 0.6) is 11.5 Å². The smallest absolute Gasteiger partial charge is 0.252 e. The molecule has 0 aliphatic carbocycles. The lowest BCUT2D eigenvalue weighted by molar-refractivity contribution is 0.0673. The van der Waals surface area contributed by atoms with Crippen LogP contribution in [0.2, 0.25) is 0 Å². The van der Waals surface area contributed by atoms with Crippen LogP contribution in [0.15, 0.2) is 6.07 Å². The first-order valence-corrected chi connectivity index (χ1v) is 4.47. The molecule has 0 saturated heterocycles. The maximum Gasteiger partial charge on any atom is 0.252 e. The Morgan fingerprint density at radius 1 is 1.53 bits per heavy atom. The average Bonchev–Trinajstić information content (AvgIpc) is 2.45. The summed E-state index contributed by atoms with van der Waals surface area (Å²) in [6, 6.07) is 1.12. The van der Waals surface area contributed by atoms with E-state index in [0.717, 1.165) is 6.07 Å². The lowest BCUT2D eigenvalue weighted by atomic mass is 10.1. The molecule has 2 rings (SSSR count). The molecule has 2 N–H and O–H groups in total. The van der Waals surface area contributed by atoms with E-state index in [9.17, 15) is 9.18 Å². The van der Waals surface area contributed by atoms with E-state index < -0.39 is 18.0 Å². The molecule has 1 aliphatic heterocycles. The number of primary amides is 1. The fraction of sp³-hybridized carbons (Fsp3) is 0.300. The van der Waals surface area contributed by atoms with Crippen molar-refractivity contribution in [2.24, 2.45) is 5.73 Å². The average molecular weight is 211 g/mol. The zero-order chi connectivity index (χ0) is 11.2. The van der Waals surface area contributed by atoms with Crippen molar-refractivity contribution in [1.82, 2.24) is 0 Å². The molecule has 1 aromatic rings. The van der Waals surface area contributed by atoms with Crippen LogP contribution >= 0.6 is 0 Å². The third-order valence-electron chi connectivity index (χ3n) is 2.26. The molecule has 0 bridgehead atoms. The van der Waals surface area contributed by atoms with Gasteiger partial charge in [-0.05, 0) is 6.92 Å². The first-order chi connectivity index (χ1) is 7.00. The number of carbonyl (C=O) groups is 1. The summed E-state index contributed by atoms with van der Waals surface area (Å²) in [4.78, 5) is 11.0. The minimum absolute atomic E-state index is 0.147. The van der Waals surface area contributed by atoms with Gasteiger partial charge < -0.3 is 15.2 Å². The molecule has 80 valence electrons. The zero-order valence-electron chi connectivity index (χ0n) is 8.33. The largest absolute Gasteiger partial charge is 0.451 e. The SMILES string of the molecule is Cc1c2c(cc(F)c1C(N)=O)OC(C)O2. The molecule has 0 aromatic heterocycles. The second-order valence-corrected chi connectivity index (χ2v) is 3.35. The number of carbonyl (C=O) groups excluding carboxylic acids is 1. The topological polar surface area (TPSA) is 61.6 Å². The molecule has 0 radical (unpaired) electrons. The van der Waals surface area contributed by atoms with E-state index in [1.807, 2.05) is 0 Å². The Kier molecular flexibility index (Phi) is 2.03. The van der Waals surface area contributed by atoms with E-state index in [2.05, 4.69) is 0 Å². The molecule has 5 heteroatoms. The molecule has 1 heterocycles. The Bertz CT molecular complexity index is 445. The van der Waals surface area contributed by atoms with Crippen LogP contribution in [0.25, 0.3) is 0 Å². The number of hydrogen-bond acceptors (Lipinski definition) is 3. The van der Waals surface area contributed by atoms with Crippen molar-refractivity contribution in [3.8, 4) is 11.5 Å². The summed E-state index contributed by atoms with van der Waals surface area (Å²) < 4.78 is 23.9. The first kappa shape index (κ1) is 9.76. The molecule has 0 saturated carbocycles. The number of nitrogens with two attached hydrogens (primary N) is 1. The minimum Gasteiger partial charge on any atom is -0.451 e. The Balaban J connectivity index is 2.63. The summed E-state index contributed by atoms with van der Waals surface area (Å²) >= 11 is 0. The van der Waals surface area contributed by atoms with Gasteiger partial charge in [-0.25, -0.2) is 4.39 Å². The molecule has 1 amide bonds. The van der Waals surface area contributed by atoms with Crippen molar-refractivity contribution in [2.75, 3.05) is 0 Å². The summed E-state index contributed by atoms with van der Waals surface area (Å²) in [6.07, 6.45) is -0.471. The third-order valence-corrected chi connectivity index (χ3v) is 2.26. The maximum atomic E-state index is 13.4. The van der Waals surface area contributed by atoms with E-state index in [0.29, 0.717) is 17.1 Å². The molecule has 1 atom stereocenters. The fourth-order valence-corrected chi connectivity index (χ4v) is 1.64. The Morgan fingerprint density at radius 3 is 2.80 bits per heavy atom.